The van der Waals surface area contributed by atoms with Crippen LogP contribution in [-0.2, 0) is 0 Å². The van der Waals surface area contributed by atoms with Crippen molar-refractivity contribution in [2.75, 3.05) is 0 Å². The number of pyridine rings is 1. The summed E-state index contributed by atoms with van der Waals surface area (Å²) in [6, 6.07) is 18.0. The van der Waals surface area contributed by atoms with Crippen LogP contribution in [0.25, 0.3) is 22.0 Å². The molecule has 0 fully saturated rings. The lowest BCUT2D eigenvalue weighted by Crippen LogP contribution is -1.85. The van der Waals surface area contributed by atoms with Crippen molar-refractivity contribution in [3.8, 4) is 11.3 Å². The fourth-order valence-corrected chi connectivity index (χ4v) is 2.18. The molecule has 3 rings (SSSR count). The number of benzene rings is 2. The lowest BCUT2D eigenvalue weighted by molar-refractivity contribution is 1.36. The first-order valence-electron chi connectivity index (χ1n) is 5.44. The molecule has 0 atom stereocenters. The third-order valence-electron chi connectivity index (χ3n) is 2.77. The van der Waals surface area contributed by atoms with Gasteiger partial charge in [0.25, 0.3) is 0 Å². The van der Waals surface area contributed by atoms with Crippen molar-refractivity contribution in [2.45, 2.75) is 0 Å². The Morgan fingerprint density at radius 3 is 2.65 bits per heavy atom. The van der Waals surface area contributed by atoms with Gasteiger partial charge in [-0.2, -0.15) is 0 Å². The number of halogens is 1. The highest BCUT2D eigenvalue weighted by Gasteiger charge is 2.04. The Labute approximate surface area is 105 Å². The van der Waals surface area contributed by atoms with E-state index in [4.69, 9.17) is 11.6 Å². The van der Waals surface area contributed by atoms with Crippen LogP contribution in [0.1, 0.15) is 0 Å². The van der Waals surface area contributed by atoms with Crippen molar-refractivity contribution in [3.63, 3.8) is 0 Å². The average molecular weight is 240 g/mol. The number of nitrogens with zero attached hydrogens (tertiary/aromatic N) is 1. The Kier molecular flexibility index (Phi) is 2.54. The first-order valence-corrected chi connectivity index (χ1v) is 5.82. The van der Waals surface area contributed by atoms with Gasteiger partial charge in [0.2, 0.25) is 0 Å². The summed E-state index contributed by atoms with van der Waals surface area (Å²) in [4.78, 5) is 4.46. The Morgan fingerprint density at radius 2 is 1.76 bits per heavy atom. The van der Waals surface area contributed by atoms with Crippen LogP contribution in [0.3, 0.4) is 0 Å². The van der Waals surface area contributed by atoms with Crippen molar-refractivity contribution in [1.29, 1.82) is 0 Å². The Morgan fingerprint density at radius 1 is 0.882 bits per heavy atom. The maximum atomic E-state index is 6.02. The van der Waals surface area contributed by atoms with Crippen molar-refractivity contribution in [1.82, 2.24) is 4.98 Å². The number of aromatic nitrogens is 1. The zero-order valence-electron chi connectivity index (χ0n) is 9.10. The van der Waals surface area contributed by atoms with Gasteiger partial charge in [-0.05, 0) is 23.6 Å². The normalized spacial score (nSPS) is 10.6. The van der Waals surface area contributed by atoms with Gasteiger partial charge in [0.05, 0.1) is 5.69 Å². The predicted molar refractivity (Wildman–Crippen MR) is 72.2 cm³/mol. The van der Waals surface area contributed by atoms with Gasteiger partial charge in [0.15, 0.2) is 0 Å². The van der Waals surface area contributed by atoms with E-state index in [2.05, 4.69) is 17.1 Å². The summed E-state index contributed by atoms with van der Waals surface area (Å²) in [6.45, 7) is 0. The molecule has 2 aromatic carbocycles. The van der Waals surface area contributed by atoms with E-state index in [-0.39, 0.29) is 0 Å². The highest BCUT2D eigenvalue weighted by atomic mass is 35.5. The zero-order chi connectivity index (χ0) is 11.7. The molecule has 0 saturated carbocycles. The largest absolute Gasteiger partial charge is 0.256 e. The fourth-order valence-electron chi connectivity index (χ4n) is 1.99. The van der Waals surface area contributed by atoms with Crippen LogP contribution in [0.15, 0.2) is 60.8 Å². The smallest absolute Gasteiger partial charge is 0.0780 e. The zero-order valence-corrected chi connectivity index (χ0v) is 9.85. The third-order valence-corrected chi connectivity index (χ3v) is 3.01. The summed E-state index contributed by atoms with van der Waals surface area (Å²) in [5.41, 5.74) is 2.03. The van der Waals surface area contributed by atoms with Gasteiger partial charge in [0.1, 0.15) is 0 Å². The first kappa shape index (κ1) is 10.3. The molecule has 3 aromatic rings. The molecular weight excluding hydrogens is 230 g/mol. The lowest BCUT2D eigenvalue weighted by Gasteiger charge is -2.05. The molecular formula is C15H10ClN. The van der Waals surface area contributed by atoms with Crippen LogP contribution >= 0.6 is 11.6 Å². The highest BCUT2D eigenvalue weighted by molar-refractivity contribution is 6.30. The maximum absolute atomic E-state index is 6.02. The van der Waals surface area contributed by atoms with E-state index < -0.39 is 0 Å². The molecule has 0 saturated heterocycles. The fraction of sp³-hybridized carbons (Fsp3) is 0. The summed E-state index contributed by atoms with van der Waals surface area (Å²) >= 11 is 6.02. The Hall–Kier alpha value is -1.86. The van der Waals surface area contributed by atoms with Crippen LogP contribution in [-0.4, -0.2) is 4.98 Å². The summed E-state index contributed by atoms with van der Waals surface area (Å²) in [7, 11) is 0. The van der Waals surface area contributed by atoms with Crippen molar-refractivity contribution < 1.29 is 0 Å². The topological polar surface area (TPSA) is 12.9 Å². The predicted octanol–water partition coefficient (Wildman–Crippen LogP) is 4.56. The van der Waals surface area contributed by atoms with E-state index in [0.29, 0.717) is 0 Å². The van der Waals surface area contributed by atoms with Gasteiger partial charge >= 0.3 is 0 Å². The minimum Gasteiger partial charge on any atom is -0.256 e. The van der Waals surface area contributed by atoms with E-state index >= 15 is 0 Å². The average Bonchev–Trinajstić information content (AvgIpc) is 2.38. The van der Waals surface area contributed by atoms with Crippen LogP contribution in [0.5, 0.6) is 0 Å². The second kappa shape index (κ2) is 4.19. The molecule has 2 heteroatoms. The standard InChI is InChI=1S/C15H10ClN/c16-13-6-3-5-12(10-13)15-14-7-2-1-4-11(14)8-9-17-15/h1-10H. The molecule has 0 amide bonds. The van der Waals surface area contributed by atoms with Gasteiger partial charge in [-0.15, -0.1) is 0 Å². The van der Waals surface area contributed by atoms with Crippen LogP contribution in [0.2, 0.25) is 5.02 Å². The molecule has 0 radical (unpaired) electrons. The number of fused-ring (bicyclic) bond motifs is 1. The van der Waals surface area contributed by atoms with Crippen LogP contribution in [0, 0.1) is 0 Å². The third kappa shape index (κ3) is 1.90. The maximum Gasteiger partial charge on any atom is 0.0780 e. The minimum atomic E-state index is 0.734. The van der Waals surface area contributed by atoms with E-state index in [1.165, 1.54) is 5.39 Å². The van der Waals surface area contributed by atoms with Gasteiger partial charge in [-0.25, -0.2) is 0 Å². The second-order valence-electron chi connectivity index (χ2n) is 3.89. The van der Waals surface area contributed by atoms with Crippen molar-refractivity contribution in [2.24, 2.45) is 0 Å². The second-order valence-corrected chi connectivity index (χ2v) is 4.33. The van der Waals surface area contributed by atoms with Crippen molar-refractivity contribution in [3.05, 3.63) is 65.8 Å². The quantitative estimate of drug-likeness (QED) is 0.607. The van der Waals surface area contributed by atoms with Gasteiger partial charge in [-0.1, -0.05) is 48.0 Å². The van der Waals surface area contributed by atoms with Crippen LogP contribution in [0.4, 0.5) is 0 Å². The number of hydrogen-bond donors (Lipinski definition) is 0. The van der Waals surface area contributed by atoms with E-state index in [0.717, 1.165) is 21.7 Å². The van der Waals surface area contributed by atoms with Gasteiger partial charge in [-0.3, -0.25) is 4.98 Å². The molecule has 0 aliphatic carbocycles. The number of hydrogen-bond acceptors (Lipinski definition) is 1. The summed E-state index contributed by atoms with van der Waals surface area (Å²) < 4.78 is 0. The minimum absolute atomic E-state index is 0.734. The molecule has 17 heavy (non-hydrogen) atoms. The summed E-state index contributed by atoms with van der Waals surface area (Å²) in [5, 5.41) is 3.08. The molecule has 1 aromatic heterocycles. The molecule has 0 N–H and O–H groups in total. The van der Waals surface area contributed by atoms with Crippen LogP contribution < -0.4 is 0 Å². The summed E-state index contributed by atoms with van der Waals surface area (Å²) in [6.07, 6.45) is 1.83. The lowest BCUT2D eigenvalue weighted by atomic mass is 10.0. The molecule has 1 heterocycles. The molecule has 82 valence electrons. The van der Waals surface area contributed by atoms with Gasteiger partial charge in [0, 0.05) is 22.2 Å². The molecule has 0 aliphatic rings. The van der Waals surface area contributed by atoms with E-state index in [1.54, 1.807) is 0 Å². The molecule has 1 nitrogen and oxygen atoms in total. The molecule has 0 bridgehead atoms. The summed E-state index contributed by atoms with van der Waals surface area (Å²) in [5.74, 6) is 0. The van der Waals surface area contributed by atoms with E-state index in [9.17, 15) is 0 Å². The highest BCUT2D eigenvalue weighted by Crippen LogP contribution is 2.27. The molecule has 0 unspecified atom stereocenters. The first-order chi connectivity index (χ1) is 8.34. The Bertz CT molecular complexity index is 671. The van der Waals surface area contributed by atoms with E-state index in [1.807, 2.05) is 48.7 Å². The molecule has 0 spiro atoms. The molecule has 0 aliphatic heterocycles. The van der Waals surface area contributed by atoms with Crippen molar-refractivity contribution >= 4 is 22.4 Å². The SMILES string of the molecule is Clc1cccc(-c2nccc3ccccc23)c1. The Balaban J connectivity index is 2.30. The van der Waals surface area contributed by atoms with Gasteiger partial charge < -0.3 is 0 Å². The monoisotopic (exact) mass is 239 g/mol. The number of rotatable bonds is 1.